The van der Waals surface area contributed by atoms with E-state index in [1.807, 2.05) is 40.8 Å². The SMILES string of the molecule is Bc1nc(-c2cccnc2)sc1N(C)C(=O)OC(C)(C)C. The molecule has 0 fully saturated rings. The molecule has 0 aliphatic carbocycles. The van der Waals surface area contributed by atoms with Crippen molar-refractivity contribution in [3.05, 3.63) is 24.5 Å². The Hall–Kier alpha value is -1.89. The molecule has 0 saturated carbocycles. The number of carbonyl (C=O) groups is 1. The van der Waals surface area contributed by atoms with E-state index in [1.54, 1.807) is 19.4 Å². The van der Waals surface area contributed by atoms with Crippen molar-refractivity contribution in [1.29, 1.82) is 0 Å². The first-order chi connectivity index (χ1) is 9.78. The summed E-state index contributed by atoms with van der Waals surface area (Å²) < 4.78 is 5.38. The zero-order valence-electron chi connectivity index (χ0n) is 12.9. The number of hydrogen-bond acceptors (Lipinski definition) is 5. The van der Waals surface area contributed by atoms with Gasteiger partial charge in [0.15, 0.2) is 7.85 Å². The van der Waals surface area contributed by atoms with Crippen molar-refractivity contribution in [1.82, 2.24) is 9.97 Å². The molecule has 0 saturated heterocycles. The summed E-state index contributed by atoms with van der Waals surface area (Å²) in [4.78, 5) is 22.2. The summed E-state index contributed by atoms with van der Waals surface area (Å²) in [6.07, 6.45) is 3.10. The normalized spacial score (nSPS) is 11.2. The smallest absolute Gasteiger partial charge is 0.415 e. The van der Waals surface area contributed by atoms with Gasteiger partial charge < -0.3 is 4.74 Å². The van der Waals surface area contributed by atoms with E-state index < -0.39 is 5.60 Å². The molecule has 2 aromatic heterocycles. The van der Waals surface area contributed by atoms with Crippen LogP contribution in [0, 0.1) is 0 Å². The lowest BCUT2D eigenvalue weighted by Crippen LogP contribution is -2.35. The molecule has 0 aromatic carbocycles. The Bertz CT molecular complexity index is 637. The van der Waals surface area contributed by atoms with E-state index >= 15 is 0 Å². The first-order valence-electron chi connectivity index (χ1n) is 6.62. The molecular formula is C14H18BN3O2S. The molecule has 2 rings (SSSR count). The van der Waals surface area contributed by atoms with Crippen molar-refractivity contribution in [3.63, 3.8) is 0 Å². The van der Waals surface area contributed by atoms with Crippen molar-refractivity contribution in [2.45, 2.75) is 26.4 Å². The molecular weight excluding hydrogens is 285 g/mol. The molecule has 0 radical (unpaired) electrons. The second-order valence-electron chi connectivity index (χ2n) is 5.69. The van der Waals surface area contributed by atoms with Crippen LogP contribution in [0.1, 0.15) is 20.8 Å². The van der Waals surface area contributed by atoms with Gasteiger partial charge in [0.1, 0.15) is 15.6 Å². The first-order valence-corrected chi connectivity index (χ1v) is 7.44. The molecule has 0 spiro atoms. The molecule has 0 bridgehead atoms. The number of thiazole rings is 1. The van der Waals surface area contributed by atoms with Gasteiger partial charge in [-0.1, -0.05) is 11.3 Å². The summed E-state index contributed by atoms with van der Waals surface area (Å²) in [6, 6.07) is 3.81. The van der Waals surface area contributed by atoms with Crippen LogP contribution in [0.2, 0.25) is 0 Å². The summed E-state index contributed by atoms with van der Waals surface area (Å²) in [5.41, 5.74) is 1.22. The number of hydrogen-bond donors (Lipinski definition) is 0. The molecule has 0 aliphatic heterocycles. The fourth-order valence-electron chi connectivity index (χ4n) is 1.73. The van der Waals surface area contributed by atoms with Gasteiger partial charge in [-0.25, -0.2) is 9.78 Å². The number of anilines is 1. The second-order valence-corrected chi connectivity index (χ2v) is 6.67. The maximum absolute atomic E-state index is 12.1. The Kier molecular flexibility index (Phi) is 4.32. The number of aromatic nitrogens is 2. The minimum absolute atomic E-state index is 0.382. The van der Waals surface area contributed by atoms with Crippen LogP contribution in [0.5, 0.6) is 0 Å². The van der Waals surface area contributed by atoms with Gasteiger partial charge >= 0.3 is 6.09 Å². The first kappa shape index (κ1) is 15.5. The van der Waals surface area contributed by atoms with E-state index in [2.05, 4.69) is 9.97 Å². The molecule has 2 aromatic rings. The van der Waals surface area contributed by atoms with E-state index in [1.165, 1.54) is 16.2 Å². The average Bonchev–Trinajstić information content (AvgIpc) is 2.79. The number of carbonyl (C=O) groups excluding carboxylic acids is 1. The Morgan fingerprint density at radius 3 is 2.71 bits per heavy atom. The van der Waals surface area contributed by atoms with Gasteiger partial charge in [0.25, 0.3) is 0 Å². The zero-order valence-corrected chi connectivity index (χ0v) is 13.7. The quantitative estimate of drug-likeness (QED) is 0.794. The Balaban J connectivity index is 2.25. The van der Waals surface area contributed by atoms with Crippen LogP contribution in [0.15, 0.2) is 24.5 Å². The lowest BCUT2D eigenvalue weighted by Gasteiger charge is -2.24. The van der Waals surface area contributed by atoms with Crippen molar-refractivity contribution < 1.29 is 9.53 Å². The van der Waals surface area contributed by atoms with Gasteiger partial charge in [0.05, 0.1) is 0 Å². The summed E-state index contributed by atoms with van der Waals surface area (Å²) in [5, 5.41) is 1.62. The topological polar surface area (TPSA) is 55.3 Å². The monoisotopic (exact) mass is 303 g/mol. The molecule has 0 unspecified atom stereocenters. The van der Waals surface area contributed by atoms with E-state index in [9.17, 15) is 4.79 Å². The van der Waals surface area contributed by atoms with Gasteiger partial charge in [-0.3, -0.25) is 9.88 Å². The maximum atomic E-state index is 12.1. The van der Waals surface area contributed by atoms with Crippen LogP contribution in [0.4, 0.5) is 9.80 Å². The van der Waals surface area contributed by atoms with E-state index in [0.717, 1.165) is 21.2 Å². The highest BCUT2D eigenvalue weighted by Gasteiger charge is 2.23. The molecule has 2 heterocycles. The highest BCUT2D eigenvalue weighted by molar-refractivity contribution is 7.20. The summed E-state index contributed by atoms with van der Waals surface area (Å²) >= 11 is 1.45. The fourth-order valence-corrected chi connectivity index (χ4v) is 2.73. The largest absolute Gasteiger partial charge is 0.443 e. The third-order valence-electron chi connectivity index (χ3n) is 2.65. The second kappa shape index (κ2) is 5.85. The van der Waals surface area contributed by atoms with Crippen molar-refractivity contribution in [2.75, 3.05) is 11.9 Å². The van der Waals surface area contributed by atoms with Crippen LogP contribution in [0.3, 0.4) is 0 Å². The molecule has 7 heteroatoms. The predicted molar refractivity (Wildman–Crippen MR) is 88.2 cm³/mol. The molecule has 1 amide bonds. The van der Waals surface area contributed by atoms with E-state index in [0.29, 0.717) is 0 Å². The highest BCUT2D eigenvalue weighted by Crippen LogP contribution is 2.28. The Morgan fingerprint density at radius 1 is 1.43 bits per heavy atom. The van der Waals surface area contributed by atoms with Gasteiger partial charge in [-0.05, 0) is 32.9 Å². The zero-order chi connectivity index (χ0) is 15.6. The Morgan fingerprint density at radius 2 is 2.14 bits per heavy atom. The summed E-state index contributed by atoms with van der Waals surface area (Å²) in [6.45, 7) is 5.54. The standard InChI is InChI=1S/C14H18BN3O2S/c1-14(2,3)20-13(19)18(4)12-10(15)17-11(21-12)9-6-5-7-16-8-9/h5-8H,15H2,1-4H3. The molecule has 0 aliphatic rings. The molecule has 0 N–H and O–H groups in total. The highest BCUT2D eigenvalue weighted by atomic mass is 32.1. The van der Waals surface area contributed by atoms with Gasteiger partial charge in [-0.2, -0.15) is 0 Å². The number of nitrogens with zero attached hydrogens (tertiary/aromatic N) is 3. The molecule has 110 valence electrons. The van der Waals surface area contributed by atoms with Crippen LogP contribution in [0.25, 0.3) is 10.6 Å². The van der Waals surface area contributed by atoms with Gasteiger partial charge in [-0.15, -0.1) is 0 Å². The minimum Gasteiger partial charge on any atom is -0.443 e. The van der Waals surface area contributed by atoms with Crippen molar-refractivity contribution in [3.8, 4) is 10.6 Å². The van der Waals surface area contributed by atoms with Gasteiger partial charge in [0, 0.05) is 30.6 Å². The van der Waals surface area contributed by atoms with Crippen LogP contribution >= 0.6 is 11.3 Å². The van der Waals surface area contributed by atoms with Crippen LogP contribution < -0.4 is 10.5 Å². The number of pyridine rings is 1. The summed E-state index contributed by atoms with van der Waals surface area (Å²) in [5.74, 6) is 0. The summed E-state index contributed by atoms with van der Waals surface area (Å²) in [7, 11) is 3.58. The average molecular weight is 303 g/mol. The number of rotatable bonds is 2. The molecule has 5 nitrogen and oxygen atoms in total. The van der Waals surface area contributed by atoms with Crippen molar-refractivity contribution in [2.24, 2.45) is 0 Å². The number of amides is 1. The lowest BCUT2D eigenvalue weighted by atomic mass is 10.1. The predicted octanol–water partition coefficient (Wildman–Crippen LogP) is 1.83. The molecule has 0 atom stereocenters. The maximum Gasteiger partial charge on any atom is 0.415 e. The van der Waals surface area contributed by atoms with Crippen LogP contribution in [-0.4, -0.2) is 36.6 Å². The van der Waals surface area contributed by atoms with Crippen LogP contribution in [-0.2, 0) is 4.74 Å². The van der Waals surface area contributed by atoms with E-state index in [-0.39, 0.29) is 6.09 Å². The fraction of sp³-hybridized carbons (Fsp3) is 0.357. The molecule has 21 heavy (non-hydrogen) atoms. The lowest BCUT2D eigenvalue weighted by molar-refractivity contribution is 0.0590. The van der Waals surface area contributed by atoms with E-state index in [4.69, 9.17) is 4.74 Å². The minimum atomic E-state index is -0.518. The Labute approximate surface area is 129 Å². The third kappa shape index (κ3) is 3.82. The number of ether oxygens (including phenoxy) is 1. The van der Waals surface area contributed by atoms with Gasteiger partial charge in [0.2, 0.25) is 0 Å². The van der Waals surface area contributed by atoms with Crippen molar-refractivity contribution >= 4 is 35.9 Å². The third-order valence-corrected chi connectivity index (χ3v) is 3.94.